The molecule has 0 aliphatic rings. The summed E-state index contributed by atoms with van der Waals surface area (Å²) in [5, 5.41) is 1.09. The first-order valence-electron chi connectivity index (χ1n) is 6.91. The molecule has 4 rings (SSSR count). The van der Waals surface area contributed by atoms with Crippen molar-refractivity contribution in [2.24, 2.45) is 0 Å². The molecule has 22 heavy (non-hydrogen) atoms. The lowest BCUT2D eigenvalue weighted by molar-refractivity contribution is 1.22. The average molecular weight is 286 g/mol. The molecule has 0 saturated heterocycles. The highest BCUT2D eigenvalue weighted by molar-refractivity contribution is 5.76. The van der Waals surface area contributed by atoms with Gasteiger partial charge in [-0.15, -0.1) is 0 Å². The molecule has 0 atom stereocenters. The van der Waals surface area contributed by atoms with Crippen LogP contribution < -0.4 is 0 Å². The normalized spacial score (nSPS) is 9.82. The van der Waals surface area contributed by atoms with Gasteiger partial charge in [-0.1, -0.05) is 30.3 Å². The molecule has 3 aromatic heterocycles. The van der Waals surface area contributed by atoms with Gasteiger partial charge in [0.1, 0.15) is 6.33 Å². The molecular weight excluding hydrogens is 272 g/mol. The molecule has 0 aliphatic carbocycles. The smallest absolute Gasteiger partial charge is 0.116 e. The third-order valence-electron chi connectivity index (χ3n) is 3.01. The molecule has 4 nitrogen and oxygen atoms in total. The van der Waals surface area contributed by atoms with Crippen molar-refractivity contribution in [3.8, 4) is 11.4 Å². The molecule has 4 aromatic rings. The third-order valence-corrected chi connectivity index (χ3v) is 3.01. The Morgan fingerprint density at radius 3 is 1.82 bits per heavy atom. The lowest BCUT2D eigenvalue weighted by atomic mass is 10.2. The summed E-state index contributed by atoms with van der Waals surface area (Å²) in [7, 11) is 0. The van der Waals surface area contributed by atoms with Crippen LogP contribution in [0.5, 0.6) is 0 Å². The second kappa shape index (κ2) is 7.04. The summed E-state index contributed by atoms with van der Waals surface area (Å²) in [4.78, 5) is 16.3. The highest BCUT2D eigenvalue weighted by Crippen LogP contribution is 2.10. The first-order chi connectivity index (χ1) is 10.9. The molecule has 0 bridgehead atoms. The molecule has 0 fully saturated rings. The van der Waals surface area contributed by atoms with E-state index >= 15 is 0 Å². The van der Waals surface area contributed by atoms with E-state index in [0.717, 1.165) is 22.3 Å². The van der Waals surface area contributed by atoms with Crippen LogP contribution in [0.25, 0.3) is 22.3 Å². The van der Waals surface area contributed by atoms with E-state index in [1.807, 2.05) is 66.9 Å². The molecular formula is C18H14N4. The van der Waals surface area contributed by atoms with Crippen molar-refractivity contribution in [3.63, 3.8) is 0 Å². The van der Waals surface area contributed by atoms with E-state index in [1.165, 1.54) is 0 Å². The molecule has 0 spiro atoms. The average Bonchev–Trinajstić information content (AvgIpc) is 2.64. The third kappa shape index (κ3) is 3.49. The summed E-state index contributed by atoms with van der Waals surface area (Å²) in [5.74, 6) is 0. The quantitative estimate of drug-likeness (QED) is 0.534. The van der Waals surface area contributed by atoms with Crippen molar-refractivity contribution in [3.05, 3.63) is 85.6 Å². The summed E-state index contributed by atoms with van der Waals surface area (Å²) >= 11 is 0. The van der Waals surface area contributed by atoms with E-state index in [2.05, 4.69) is 19.9 Å². The number of hydrogen-bond acceptors (Lipinski definition) is 4. The molecule has 106 valence electrons. The predicted molar refractivity (Wildman–Crippen MR) is 87.0 cm³/mol. The standard InChI is InChI=1S/C10H8N2.C8H6N2/c1-3-7-11-9(5-1)10-6-2-4-8-12-10;1-2-4-8-7(3-1)5-9-6-10-8/h1-8H;1-6H. The van der Waals surface area contributed by atoms with Crippen LogP contribution in [0.1, 0.15) is 0 Å². The molecule has 0 amide bonds. The molecule has 0 radical (unpaired) electrons. The number of para-hydroxylation sites is 1. The Bertz CT molecular complexity index is 730. The van der Waals surface area contributed by atoms with Crippen molar-refractivity contribution in [2.75, 3.05) is 0 Å². The summed E-state index contributed by atoms with van der Waals surface area (Å²) in [6.45, 7) is 0. The Labute approximate surface area is 128 Å². The number of aromatic nitrogens is 4. The molecule has 0 aliphatic heterocycles. The van der Waals surface area contributed by atoms with Crippen LogP contribution in [0.3, 0.4) is 0 Å². The minimum Gasteiger partial charge on any atom is -0.255 e. The van der Waals surface area contributed by atoms with Gasteiger partial charge >= 0.3 is 0 Å². The number of hydrogen-bond donors (Lipinski definition) is 0. The largest absolute Gasteiger partial charge is 0.255 e. The number of fused-ring (bicyclic) bond motifs is 1. The zero-order valence-electron chi connectivity index (χ0n) is 11.9. The first kappa shape index (κ1) is 13.8. The minimum atomic E-state index is 0.915. The zero-order valence-corrected chi connectivity index (χ0v) is 11.9. The van der Waals surface area contributed by atoms with Gasteiger partial charge in [-0.2, -0.15) is 0 Å². The maximum absolute atomic E-state index is 4.19. The van der Waals surface area contributed by atoms with Crippen molar-refractivity contribution < 1.29 is 0 Å². The van der Waals surface area contributed by atoms with Gasteiger partial charge in [0.25, 0.3) is 0 Å². The van der Waals surface area contributed by atoms with E-state index in [-0.39, 0.29) is 0 Å². The highest BCUT2D eigenvalue weighted by atomic mass is 14.8. The second-order valence-corrected chi connectivity index (χ2v) is 4.51. The minimum absolute atomic E-state index is 0.915. The molecule has 3 heterocycles. The van der Waals surface area contributed by atoms with Gasteiger partial charge in [-0.25, -0.2) is 9.97 Å². The Kier molecular flexibility index (Phi) is 4.42. The van der Waals surface area contributed by atoms with E-state index in [1.54, 1.807) is 18.7 Å². The highest BCUT2D eigenvalue weighted by Gasteiger charge is 1.95. The van der Waals surface area contributed by atoms with Gasteiger partial charge in [-0.3, -0.25) is 9.97 Å². The lowest BCUT2D eigenvalue weighted by Crippen LogP contribution is -1.83. The van der Waals surface area contributed by atoms with Crippen LogP contribution in [-0.2, 0) is 0 Å². The predicted octanol–water partition coefficient (Wildman–Crippen LogP) is 3.77. The number of nitrogens with zero attached hydrogens (tertiary/aromatic N) is 4. The van der Waals surface area contributed by atoms with Gasteiger partial charge < -0.3 is 0 Å². The maximum Gasteiger partial charge on any atom is 0.116 e. The lowest BCUT2D eigenvalue weighted by Gasteiger charge is -1.96. The van der Waals surface area contributed by atoms with Crippen LogP contribution in [0.15, 0.2) is 85.6 Å². The number of pyridine rings is 2. The molecule has 4 heteroatoms. The van der Waals surface area contributed by atoms with Crippen LogP contribution in [0, 0.1) is 0 Å². The Morgan fingerprint density at radius 2 is 1.23 bits per heavy atom. The van der Waals surface area contributed by atoms with E-state index in [4.69, 9.17) is 0 Å². The summed E-state index contributed by atoms with van der Waals surface area (Å²) in [6, 6.07) is 19.5. The summed E-state index contributed by atoms with van der Waals surface area (Å²) in [5.41, 5.74) is 2.83. The van der Waals surface area contributed by atoms with Crippen molar-refractivity contribution in [2.45, 2.75) is 0 Å². The molecule has 0 saturated carbocycles. The van der Waals surface area contributed by atoms with Gasteiger partial charge in [-0.05, 0) is 30.3 Å². The fourth-order valence-electron chi connectivity index (χ4n) is 1.95. The fraction of sp³-hybridized carbons (Fsp3) is 0. The van der Waals surface area contributed by atoms with Crippen molar-refractivity contribution >= 4 is 10.9 Å². The monoisotopic (exact) mass is 286 g/mol. The summed E-state index contributed by atoms with van der Waals surface area (Å²) < 4.78 is 0. The fourth-order valence-corrected chi connectivity index (χ4v) is 1.95. The number of benzene rings is 1. The zero-order chi connectivity index (χ0) is 15.0. The van der Waals surface area contributed by atoms with Gasteiger partial charge in [0.2, 0.25) is 0 Å². The van der Waals surface area contributed by atoms with Gasteiger partial charge in [0, 0.05) is 24.0 Å². The van der Waals surface area contributed by atoms with Crippen LogP contribution in [0.2, 0.25) is 0 Å². The Morgan fingerprint density at radius 1 is 0.591 bits per heavy atom. The van der Waals surface area contributed by atoms with Gasteiger partial charge in [0.15, 0.2) is 0 Å². The van der Waals surface area contributed by atoms with Crippen molar-refractivity contribution in [1.82, 2.24) is 19.9 Å². The Hall–Kier alpha value is -3.14. The van der Waals surface area contributed by atoms with Crippen molar-refractivity contribution in [1.29, 1.82) is 0 Å². The maximum atomic E-state index is 4.19. The van der Waals surface area contributed by atoms with E-state index < -0.39 is 0 Å². The Balaban J connectivity index is 0.000000133. The SMILES string of the molecule is c1ccc(-c2ccccn2)nc1.c1ccc2ncncc2c1. The van der Waals surface area contributed by atoms with Crippen LogP contribution in [0.4, 0.5) is 0 Å². The van der Waals surface area contributed by atoms with Crippen LogP contribution in [-0.4, -0.2) is 19.9 Å². The first-order valence-corrected chi connectivity index (χ1v) is 6.91. The topological polar surface area (TPSA) is 51.6 Å². The van der Waals surface area contributed by atoms with E-state index in [0.29, 0.717) is 0 Å². The number of rotatable bonds is 1. The van der Waals surface area contributed by atoms with Gasteiger partial charge in [0.05, 0.1) is 16.9 Å². The molecule has 1 aromatic carbocycles. The van der Waals surface area contributed by atoms with E-state index in [9.17, 15) is 0 Å². The summed E-state index contributed by atoms with van der Waals surface area (Å²) in [6.07, 6.45) is 6.90. The van der Waals surface area contributed by atoms with Crippen LogP contribution >= 0.6 is 0 Å². The second-order valence-electron chi connectivity index (χ2n) is 4.51. The molecule has 0 unspecified atom stereocenters. The molecule has 0 N–H and O–H groups in total.